The summed E-state index contributed by atoms with van der Waals surface area (Å²) in [6.45, 7) is 3.90. The van der Waals surface area contributed by atoms with Gasteiger partial charge in [-0.15, -0.1) is 0 Å². The van der Waals surface area contributed by atoms with Crippen LogP contribution in [0.25, 0.3) is 0 Å². The smallest absolute Gasteiger partial charge is 0.319 e. The van der Waals surface area contributed by atoms with Crippen LogP contribution in [0.5, 0.6) is 0 Å². The maximum absolute atomic E-state index is 11.2. The topological polar surface area (TPSA) is 58.2 Å². The second-order valence-corrected chi connectivity index (χ2v) is 3.12. The molecule has 1 aromatic carbocycles. The molecule has 0 radical (unpaired) electrons. The number of nitrogens with one attached hydrogen (secondary N) is 2. The zero-order chi connectivity index (χ0) is 11.3. The number of ketones is 1. The van der Waals surface area contributed by atoms with Gasteiger partial charge in [-0.3, -0.25) is 4.79 Å². The summed E-state index contributed by atoms with van der Waals surface area (Å²) in [5.74, 6) is -0.0189. The van der Waals surface area contributed by atoms with Crippen LogP contribution in [0.3, 0.4) is 0 Å². The van der Waals surface area contributed by atoms with Crippen LogP contribution in [0, 0.1) is 0 Å². The molecule has 0 spiro atoms. The second-order valence-electron chi connectivity index (χ2n) is 3.12. The number of carbonyl (C=O) groups excluding carboxylic acids is 2. The lowest BCUT2D eigenvalue weighted by atomic mass is 10.1. The Bertz CT molecular complexity index is 375. The highest BCUT2D eigenvalue weighted by Gasteiger charge is 2.02. The van der Waals surface area contributed by atoms with Gasteiger partial charge in [0.25, 0.3) is 0 Å². The monoisotopic (exact) mass is 206 g/mol. The van der Waals surface area contributed by atoms with E-state index in [0.29, 0.717) is 17.8 Å². The number of urea groups is 1. The molecular formula is C11H14N2O2. The van der Waals surface area contributed by atoms with Crippen molar-refractivity contribution < 1.29 is 9.59 Å². The van der Waals surface area contributed by atoms with Gasteiger partial charge in [0, 0.05) is 17.8 Å². The lowest BCUT2D eigenvalue weighted by molar-refractivity contribution is 0.101. The molecule has 0 unspecified atom stereocenters. The number of hydrogen-bond donors (Lipinski definition) is 2. The van der Waals surface area contributed by atoms with Crippen molar-refractivity contribution in [1.82, 2.24) is 5.32 Å². The Labute approximate surface area is 88.7 Å². The van der Waals surface area contributed by atoms with Gasteiger partial charge in [-0.2, -0.15) is 0 Å². The molecule has 1 aromatic rings. The van der Waals surface area contributed by atoms with Crippen molar-refractivity contribution in [2.45, 2.75) is 13.8 Å². The van der Waals surface area contributed by atoms with Crippen LogP contribution in [0.15, 0.2) is 24.3 Å². The van der Waals surface area contributed by atoms with Gasteiger partial charge in [0.15, 0.2) is 5.78 Å². The molecule has 0 atom stereocenters. The zero-order valence-corrected chi connectivity index (χ0v) is 8.83. The Balaban J connectivity index is 2.73. The predicted octanol–water partition coefficient (Wildman–Crippen LogP) is 2.03. The van der Waals surface area contributed by atoms with Crippen LogP contribution < -0.4 is 10.6 Å². The average Bonchev–Trinajstić information content (AvgIpc) is 2.18. The van der Waals surface area contributed by atoms with Crippen molar-refractivity contribution >= 4 is 17.5 Å². The van der Waals surface area contributed by atoms with Crippen molar-refractivity contribution in [3.63, 3.8) is 0 Å². The highest BCUT2D eigenvalue weighted by molar-refractivity contribution is 5.96. The van der Waals surface area contributed by atoms with E-state index >= 15 is 0 Å². The van der Waals surface area contributed by atoms with Crippen molar-refractivity contribution in [3.05, 3.63) is 29.8 Å². The molecule has 4 heteroatoms. The van der Waals surface area contributed by atoms with E-state index in [2.05, 4.69) is 10.6 Å². The first-order valence-corrected chi connectivity index (χ1v) is 4.79. The molecule has 15 heavy (non-hydrogen) atoms. The molecule has 0 aliphatic rings. The van der Waals surface area contributed by atoms with Gasteiger partial charge in [-0.25, -0.2) is 4.79 Å². The van der Waals surface area contributed by atoms with Gasteiger partial charge >= 0.3 is 6.03 Å². The molecule has 4 nitrogen and oxygen atoms in total. The highest BCUT2D eigenvalue weighted by Crippen LogP contribution is 2.10. The first kappa shape index (κ1) is 11.2. The van der Waals surface area contributed by atoms with Crippen molar-refractivity contribution in [2.75, 3.05) is 11.9 Å². The quantitative estimate of drug-likeness (QED) is 0.743. The molecule has 0 aliphatic carbocycles. The van der Waals surface area contributed by atoms with E-state index in [0.717, 1.165) is 0 Å². The molecule has 1 rings (SSSR count). The van der Waals surface area contributed by atoms with E-state index in [1.165, 1.54) is 6.92 Å². The largest absolute Gasteiger partial charge is 0.338 e. The van der Waals surface area contributed by atoms with E-state index in [4.69, 9.17) is 0 Å². The maximum Gasteiger partial charge on any atom is 0.319 e. The minimum Gasteiger partial charge on any atom is -0.338 e. The summed E-state index contributed by atoms with van der Waals surface area (Å²) in [6.07, 6.45) is 0. The Morgan fingerprint density at radius 1 is 1.33 bits per heavy atom. The fraction of sp³-hybridized carbons (Fsp3) is 0.273. The number of anilines is 1. The van der Waals surface area contributed by atoms with Crippen LogP contribution in [-0.4, -0.2) is 18.4 Å². The van der Waals surface area contributed by atoms with Crippen LogP contribution in [-0.2, 0) is 0 Å². The molecule has 0 fully saturated rings. The maximum atomic E-state index is 11.2. The van der Waals surface area contributed by atoms with Gasteiger partial charge in [0.1, 0.15) is 0 Å². The summed E-state index contributed by atoms with van der Waals surface area (Å²) in [5, 5.41) is 5.24. The minimum atomic E-state index is -0.266. The average molecular weight is 206 g/mol. The van der Waals surface area contributed by atoms with E-state index < -0.39 is 0 Å². The van der Waals surface area contributed by atoms with Gasteiger partial charge in [0.2, 0.25) is 0 Å². The molecule has 80 valence electrons. The molecule has 0 saturated carbocycles. The summed E-state index contributed by atoms with van der Waals surface area (Å²) in [5.41, 5.74) is 1.21. The highest BCUT2D eigenvalue weighted by atomic mass is 16.2. The van der Waals surface area contributed by atoms with Crippen LogP contribution in [0.2, 0.25) is 0 Å². The number of carbonyl (C=O) groups is 2. The number of Topliss-reactive ketones (excluding diaryl/α,β-unsaturated/α-hetero) is 1. The van der Waals surface area contributed by atoms with Crippen molar-refractivity contribution in [3.8, 4) is 0 Å². The molecule has 0 heterocycles. The molecule has 2 N–H and O–H groups in total. The Hall–Kier alpha value is -1.84. The number of amides is 2. The lowest BCUT2D eigenvalue weighted by Crippen LogP contribution is -2.28. The molecule has 0 bridgehead atoms. The molecular weight excluding hydrogens is 192 g/mol. The van der Waals surface area contributed by atoms with E-state index in [9.17, 15) is 9.59 Å². The van der Waals surface area contributed by atoms with Gasteiger partial charge < -0.3 is 10.6 Å². The second kappa shape index (κ2) is 5.14. The predicted molar refractivity (Wildman–Crippen MR) is 59.1 cm³/mol. The fourth-order valence-corrected chi connectivity index (χ4v) is 1.15. The third kappa shape index (κ3) is 3.42. The van der Waals surface area contributed by atoms with E-state index in [1.54, 1.807) is 24.3 Å². The van der Waals surface area contributed by atoms with E-state index in [-0.39, 0.29) is 11.8 Å². The lowest BCUT2D eigenvalue weighted by Gasteiger charge is -2.06. The van der Waals surface area contributed by atoms with Crippen LogP contribution in [0.4, 0.5) is 10.5 Å². The van der Waals surface area contributed by atoms with Crippen molar-refractivity contribution in [1.29, 1.82) is 0 Å². The number of benzene rings is 1. The van der Waals surface area contributed by atoms with Crippen LogP contribution >= 0.6 is 0 Å². The Morgan fingerprint density at radius 3 is 2.67 bits per heavy atom. The first-order valence-electron chi connectivity index (χ1n) is 4.79. The number of hydrogen-bond acceptors (Lipinski definition) is 2. The summed E-state index contributed by atoms with van der Waals surface area (Å²) in [4.78, 5) is 22.3. The zero-order valence-electron chi connectivity index (χ0n) is 8.83. The van der Waals surface area contributed by atoms with Gasteiger partial charge in [-0.05, 0) is 26.0 Å². The van der Waals surface area contributed by atoms with Crippen LogP contribution in [0.1, 0.15) is 24.2 Å². The summed E-state index contributed by atoms with van der Waals surface area (Å²) in [7, 11) is 0. The standard InChI is InChI=1S/C11H14N2O2/c1-3-12-11(15)13-10-6-4-5-9(7-10)8(2)14/h4-7H,3H2,1-2H3,(H2,12,13,15). The van der Waals surface area contributed by atoms with Crippen molar-refractivity contribution in [2.24, 2.45) is 0 Å². The Kier molecular flexibility index (Phi) is 3.85. The SMILES string of the molecule is CCNC(=O)Nc1cccc(C(C)=O)c1. The molecule has 0 saturated heterocycles. The van der Waals surface area contributed by atoms with Gasteiger partial charge in [-0.1, -0.05) is 12.1 Å². The first-order chi connectivity index (χ1) is 7.13. The third-order valence-corrected chi connectivity index (χ3v) is 1.86. The summed E-state index contributed by atoms with van der Waals surface area (Å²) in [6, 6.07) is 6.57. The number of rotatable bonds is 3. The molecule has 0 aromatic heterocycles. The Morgan fingerprint density at radius 2 is 2.07 bits per heavy atom. The minimum absolute atomic E-state index is 0.0189. The summed E-state index contributed by atoms with van der Waals surface area (Å²) >= 11 is 0. The van der Waals surface area contributed by atoms with Gasteiger partial charge in [0.05, 0.1) is 0 Å². The molecule has 2 amide bonds. The fourth-order valence-electron chi connectivity index (χ4n) is 1.15. The summed E-state index contributed by atoms with van der Waals surface area (Å²) < 4.78 is 0. The normalized spacial score (nSPS) is 9.47. The third-order valence-electron chi connectivity index (χ3n) is 1.86. The van der Waals surface area contributed by atoms with E-state index in [1.807, 2.05) is 6.92 Å². The molecule has 0 aliphatic heterocycles.